The van der Waals surface area contributed by atoms with Crippen molar-refractivity contribution in [3.8, 4) is 28.7 Å². The van der Waals surface area contributed by atoms with Gasteiger partial charge in [0.2, 0.25) is 0 Å². The van der Waals surface area contributed by atoms with Crippen LogP contribution in [0.25, 0.3) is 11.1 Å². The van der Waals surface area contributed by atoms with Crippen LogP contribution in [0, 0.1) is 18.3 Å². The van der Waals surface area contributed by atoms with E-state index in [9.17, 15) is 5.26 Å². The molecule has 1 unspecified atom stereocenters. The van der Waals surface area contributed by atoms with E-state index in [1.807, 2.05) is 12.1 Å². The molecule has 0 bridgehead atoms. The zero-order valence-electron chi connectivity index (χ0n) is 20.0. The lowest BCUT2D eigenvalue weighted by Crippen LogP contribution is -2.27. The third-order valence-electron chi connectivity index (χ3n) is 6.82. The minimum Gasteiger partial charge on any atom is -0.493 e. The highest BCUT2D eigenvalue weighted by Crippen LogP contribution is 2.51. The summed E-state index contributed by atoms with van der Waals surface area (Å²) in [4.78, 5) is 2.35. The van der Waals surface area contributed by atoms with Gasteiger partial charge in [0.25, 0.3) is 0 Å². The molecule has 33 heavy (non-hydrogen) atoms. The average Bonchev–Trinajstić information content (AvgIpc) is 3.12. The number of hydrogen-bond donors (Lipinski definition) is 0. The van der Waals surface area contributed by atoms with E-state index in [0.717, 1.165) is 55.0 Å². The highest BCUT2D eigenvalue weighted by molar-refractivity contribution is 5.83. The number of ether oxygens (including phenoxy) is 2. The fraction of sp³-hybridized carbons (Fsp3) is 0.345. The van der Waals surface area contributed by atoms with E-state index < -0.39 is 5.41 Å². The summed E-state index contributed by atoms with van der Waals surface area (Å²) in [6, 6.07) is 23.7. The van der Waals surface area contributed by atoms with Crippen LogP contribution in [0.3, 0.4) is 0 Å². The van der Waals surface area contributed by atoms with Crippen LogP contribution in [-0.4, -0.2) is 39.3 Å². The second kappa shape index (κ2) is 9.68. The first kappa shape index (κ1) is 22.9. The van der Waals surface area contributed by atoms with Gasteiger partial charge in [0, 0.05) is 6.54 Å². The molecule has 0 heterocycles. The Kier molecular flexibility index (Phi) is 6.72. The average molecular weight is 441 g/mol. The Labute approximate surface area is 197 Å². The Balaban J connectivity index is 1.42. The molecule has 0 amide bonds. The summed E-state index contributed by atoms with van der Waals surface area (Å²) in [5.41, 5.74) is 6.62. The van der Waals surface area contributed by atoms with Gasteiger partial charge in [0.15, 0.2) is 11.5 Å². The smallest absolute Gasteiger partial charge is 0.160 e. The van der Waals surface area contributed by atoms with Crippen LogP contribution in [0.1, 0.15) is 35.1 Å². The number of aryl methyl sites for hydroxylation is 1. The van der Waals surface area contributed by atoms with E-state index in [2.05, 4.69) is 73.5 Å². The van der Waals surface area contributed by atoms with Gasteiger partial charge in [-0.3, -0.25) is 0 Å². The van der Waals surface area contributed by atoms with Gasteiger partial charge in [0.1, 0.15) is 5.41 Å². The van der Waals surface area contributed by atoms with Crippen molar-refractivity contribution in [2.45, 2.75) is 31.6 Å². The molecule has 0 fully saturated rings. The Morgan fingerprint density at radius 2 is 1.64 bits per heavy atom. The number of nitrogens with zero attached hydrogens (tertiary/aromatic N) is 2. The lowest BCUT2D eigenvalue weighted by molar-refractivity contribution is 0.321. The molecule has 1 atom stereocenters. The highest BCUT2D eigenvalue weighted by atomic mass is 16.5. The van der Waals surface area contributed by atoms with E-state index in [1.54, 1.807) is 14.2 Å². The van der Waals surface area contributed by atoms with Crippen LogP contribution >= 0.6 is 0 Å². The molecule has 0 saturated carbocycles. The molecule has 0 N–H and O–H groups in total. The largest absolute Gasteiger partial charge is 0.493 e. The van der Waals surface area contributed by atoms with Crippen LogP contribution < -0.4 is 9.47 Å². The molecule has 0 aromatic heterocycles. The van der Waals surface area contributed by atoms with Gasteiger partial charge in [-0.15, -0.1) is 0 Å². The van der Waals surface area contributed by atoms with Gasteiger partial charge in [-0.1, -0.05) is 54.1 Å². The van der Waals surface area contributed by atoms with Gasteiger partial charge in [-0.2, -0.15) is 5.26 Å². The van der Waals surface area contributed by atoms with Gasteiger partial charge < -0.3 is 14.4 Å². The summed E-state index contributed by atoms with van der Waals surface area (Å²) < 4.78 is 10.8. The monoisotopic (exact) mass is 440 g/mol. The lowest BCUT2D eigenvalue weighted by Gasteiger charge is -2.26. The second-order valence-corrected chi connectivity index (χ2v) is 8.96. The van der Waals surface area contributed by atoms with Crippen LogP contribution in [0.2, 0.25) is 0 Å². The van der Waals surface area contributed by atoms with Crippen molar-refractivity contribution in [1.29, 1.82) is 5.26 Å². The Hall–Kier alpha value is -3.29. The van der Waals surface area contributed by atoms with Crippen molar-refractivity contribution in [2.75, 3.05) is 34.4 Å². The zero-order valence-corrected chi connectivity index (χ0v) is 20.0. The minimum atomic E-state index is -0.566. The molecule has 170 valence electrons. The van der Waals surface area contributed by atoms with Crippen molar-refractivity contribution >= 4 is 0 Å². The Morgan fingerprint density at radius 1 is 0.879 bits per heavy atom. The van der Waals surface area contributed by atoms with E-state index in [4.69, 9.17) is 9.47 Å². The maximum atomic E-state index is 10.4. The number of fused-ring (bicyclic) bond motifs is 3. The molecule has 0 saturated heterocycles. The number of rotatable bonds is 9. The van der Waals surface area contributed by atoms with Crippen molar-refractivity contribution in [3.05, 3.63) is 82.9 Å². The molecule has 0 spiro atoms. The molecule has 4 heteroatoms. The summed E-state index contributed by atoms with van der Waals surface area (Å²) >= 11 is 0. The summed E-state index contributed by atoms with van der Waals surface area (Å²) in [6.07, 6.45) is 2.71. The maximum Gasteiger partial charge on any atom is 0.160 e. The highest BCUT2D eigenvalue weighted by Gasteiger charge is 2.43. The number of nitriles is 1. The number of methoxy groups -OCH3 is 2. The Bertz CT molecular complexity index is 1180. The molecule has 0 aliphatic heterocycles. The molecule has 3 aromatic carbocycles. The predicted molar refractivity (Wildman–Crippen MR) is 133 cm³/mol. The van der Waals surface area contributed by atoms with E-state index >= 15 is 0 Å². The molecule has 4 nitrogen and oxygen atoms in total. The molecular weight excluding hydrogens is 408 g/mol. The fourth-order valence-corrected chi connectivity index (χ4v) is 5.02. The number of hydrogen-bond acceptors (Lipinski definition) is 4. The summed E-state index contributed by atoms with van der Waals surface area (Å²) in [7, 11) is 5.47. The first-order chi connectivity index (χ1) is 16.0. The topological polar surface area (TPSA) is 45.5 Å². The number of benzene rings is 3. The Morgan fingerprint density at radius 3 is 2.39 bits per heavy atom. The number of likely N-dealkylation sites (N-methyl/N-ethyl adjacent to an activating group) is 1. The third kappa shape index (κ3) is 4.34. The van der Waals surface area contributed by atoms with Gasteiger partial charge in [-0.25, -0.2) is 0 Å². The minimum absolute atomic E-state index is 0.566. The normalized spacial score (nSPS) is 16.2. The summed E-state index contributed by atoms with van der Waals surface area (Å²) in [5.74, 6) is 1.52. The lowest BCUT2D eigenvalue weighted by atomic mass is 9.76. The second-order valence-electron chi connectivity index (χ2n) is 8.96. The molecule has 1 aliphatic carbocycles. The SMILES string of the molecule is COc1ccc(CCN(C)CCCC2(C#N)c3ccccc3-c3cc(C)ccc32)cc1OC. The molecule has 4 rings (SSSR count). The van der Waals surface area contributed by atoms with Gasteiger partial charge in [0.05, 0.1) is 20.3 Å². The van der Waals surface area contributed by atoms with E-state index in [0.29, 0.717) is 0 Å². The van der Waals surface area contributed by atoms with E-state index in [1.165, 1.54) is 22.3 Å². The van der Waals surface area contributed by atoms with Crippen molar-refractivity contribution in [3.63, 3.8) is 0 Å². The molecule has 1 aliphatic rings. The van der Waals surface area contributed by atoms with Gasteiger partial charge in [-0.05, 0) is 79.7 Å². The maximum absolute atomic E-state index is 10.4. The van der Waals surface area contributed by atoms with Crippen LogP contribution in [0.5, 0.6) is 11.5 Å². The van der Waals surface area contributed by atoms with Gasteiger partial charge >= 0.3 is 0 Å². The molecule has 3 aromatic rings. The fourth-order valence-electron chi connectivity index (χ4n) is 5.02. The molecular formula is C29H32N2O2. The zero-order chi connectivity index (χ0) is 23.4. The summed E-state index contributed by atoms with van der Waals surface area (Å²) in [6.45, 7) is 4.00. The third-order valence-corrected chi connectivity index (χ3v) is 6.82. The summed E-state index contributed by atoms with van der Waals surface area (Å²) in [5, 5.41) is 10.4. The van der Waals surface area contributed by atoms with Crippen molar-refractivity contribution in [1.82, 2.24) is 4.90 Å². The van der Waals surface area contributed by atoms with Crippen LogP contribution in [-0.2, 0) is 11.8 Å². The predicted octanol–water partition coefficient (Wildman–Crippen LogP) is 5.76. The van der Waals surface area contributed by atoms with Crippen molar-refractivity contribution in [2.24, 2.45) is 0 Å². The molecule has 0 radical (unpaired) electrons. The van der Waals surface area contributed by atoms with Crippen LogP contribution in [0.15, 0.2) is 60.7 Å². The van der Waals surface area contributed by atoms with Crippen LogP contribution in [0.4, 0.5) is 0 Å². The van der Waals surface area contributed by atoms with Crippen molar-refractivity contribution < 1.29 is 9.47 Å². The standard InChI is InChI=1S/C29H32N2O2/c1-21-10-12-26-24(18-21)23-8-5-6-9-25(23)29(26,20-30)15-7-16-31(2)17-14-22-11-13-27(32-3)28(19-22)33-4/h5-6,8-13,18-19H,7,14-17H2,1-4H3. The van der Waals surface area contributed by atoms with E-state index in [-0.39, 0.29) is 0 Å². The first-order valence-electron chi connectivity index (χ1n) is 11.5. The quantitative estimate of drug-likeness (QED) is 0.425. The first-order valence-corrected chi connectivity index (χ1v) is 11.5.